The van der Waals surface area contributed by atoms with Crippen molar-refractivity contribution in [1.29, 1.82) is 0 Å². The molecule has 3 heteroatoms. The summed E-state index contributed by atoms with van der Waals surface area (Å²) in [6.07, 6.45) is 3.06. The zero-order chi connectivity index (χ0) is 14.0. The molecule has 1 aromatic carbocycles. The third-order valence-electron chi connectivity index (χ3n) is 3.79. The highest BCUT2D eigenvalue weighted by Crippen LogP contribution is 2.35. The number of aliphatic hydroxyl groups is 1. The molecule has 0 saturated heterocycles. The predicted molar refractivity (Wildman–Crippen MR) is 83.3 cm³/mol. The minimum Gasteiger partial charge on any atom is -0.389 e. The third-order valence-corrected chi connectivity index (χ3v) is 4.53. The molecule has 0 amide bonds. The first-order chi connectivity index (χ1) is 8.89. The van der Waals surface area contributed by atoms with Crippen LogP contribution < -0.4 is 5.32 Å². The highest BCUT2D eigenvalue weighted by molar-refractivity contribution is 9.10. The van der Waals surface area contributed by atoms with Crippen LogP contribution in [0.15, 0.2) is 22.7 Å². The fourth-order valence-electron chi connectivity index (χ4n) is 3.12. The third kappa shape index (κ3) is 3.80. The lowest BCUT2D eigenvalue weighted by molar-refractivity contribution is 0.0359. The van der Waals surface area contributed by atoms with E-state index in [0.717, 1.165) is 19.3 Å². The number of benzene rings is 1. The largest absolute Gasteiger partial charge is 0.389 e. The van der Waals surface area contributed by atoms with E-state index in [9.17, 15) is 5.11 Å². The SMILES string of the molecule is CC(C)CC(C)(O)CNC1CCc2c(Br)cccc21. The molecule has 1 aromatic rings. The van der Waals surface area contributed by atoms with Gasteiger partial charge in [0.05, 0.1) is 5.60 Å². The first-order valence-electron chi connectivity index (χ1n) is 7.12. The minimum absolute atomic E-state index is 0.381. The van der Waals surface area contributed by atoms with Gasteiger partial charge in [-0.2, -0.15) is 0 Å². The molecule has 0 aliphatic heterocycles. The van der Waals surface area contributed by atoms with Gasteiger partial charge in [0.25, 0.3) is 0 Å². The normalized spacial score (nSPS) is 21.5. The topological polar surface area (TPSA) is 32.3 Å². The summed E-state index contributed by atoms with van der Waals surface area (Å²) >= 11 is 3.62. The summed E-state index contributed by atoms with van der Waals surface area (Å²) in [5.74, 6) is 0.516. The average molecular weight is 326 g/mol. The Kier molecular flexibility index (Phi) is 4.70. The highest BCUT2D eigenvalue weighted by atomic mass is 79.9. The second-order valence-electron chi connectivity index (χ2n) is 6.37. The average Bonchev–Trinajstić information content (AvgIpc) is 2.69. The molecule has 0 saturated carbocycles. The van der Waals surface area contributed by atoms with Gasteiger partial charge in [-0.05, 0) is 49.3 Å². The Morgan fingerprint density at radius 3 is 2.89 bits per heavy atom. The Bertz CT molecular complexity index is 442. The second-order valence-corrected chi connectivity index (χ2v) is 7.23. The number of fused-ring (bicyclic) bond motifs is 1. The molecule has 0 bridgehead atoms. The van der Waals surface area contributed by atoms with Crippen molar-refractivity contribution in [1.82, 2.24) is 5.32 Å². The Hall–Kier alpha value is -0.380. The number of rotatable bonds is 5. The van der Waals surface area contributed by atoms with E-state index in [1.54, 1.807) is 0 Å². The molecule has 0 heterocycles. The number of hydrogen-bond donors (Lipinski definition) is 2. The van der Waals surface area contributed by atoms with Gasteiger partial charge < -0.3 is 10.4 Å². The number of hydrogen-bond acceptors (Lipinski definition) is 2. The van der Waals surface area contributed by atoms with E-state index in [2.05, 4.69) is 53.3 Å². The van der Waals surface area contributed by atoms with Gasteiger partial charge in [-0.15, -0.1) is 0 Å². The molecule has 2 unspecified atom stereocenters. The van der Waals surface area contributed by atoms with Crippen LogP contribution in [0.4, 0.5) is 0 Å². The maximum absolute atomic E-state index is 10.4. The summed E-state index contributed by atoms with van der Waals surface area (Å²) in [4.78, 5) is 0. The van der Waals surface area contributed by atoms with Crippen LogP contribution in [-0.4, -0.2) is 17.3 Å². The van der Waals surface area contributed by atoms with Gasteiger partial charge in [-0.1, -0.05) is 41.9 Å². The fourth-order valence-corrected chi connectivity index (χ4v) is 3.70. The van der Waals surface area contributed by atoms with Crippen LogP contribution in [0.1, 0.15) is 50.8 Å². The summed E-state index contributed by atoms with van der Waals surface area (Å²) in [6, 6.07) is 6.78. The molecule has 1 aliphatic rings. The van der Waals surface area contributed by atoms with Crippen molar-refractivity contribution in [2.45, 2.75) is 51.7 Å². The molecule has 0 aromatic heterocycles. The van der Waals surface area contributed by atoms with Gasteiger partial charge in [0.2, 0.25) is 0 Å². The first-order valence-corrected chi connectivity index (χ1v) is 7.91. The molecule has 2 nitrogen and oxygen atoms in total. The van der Waals surface area contributed by atoms with Gasteiger partial charge in [-0.3, -0.25) is 0 Å². The first kappa shape index (κ1) is 15.0. The van der Waals surface area contributed by atoms with E-state index in [1.807, 2.05) is 6.92 Å². The Morgan fingerprint density at radius 2 is 2.21 bits per heavy atom. The molecular weight excluding hydrogens is 302 g/mol. The highest BCUT2D eigenvalue weighted by Gasteiger charge is 2.27. The Morgan fingerprint density at radius 1 is 1.47 bits per heavy atom. The predicted octanol–water partition coefficient (Wildman–Crippen LogP) is 3.82. The lowest BCUT2D eigenvalue weighted by atomic mass is 9.94. The van der Waals surface area contributed by atoms with Gasteiger partial charge in [0, 0.05) is 17.1 Å². The maximum atomic E-state index is 10.4. The van der Waals surface area contributed by atoms with Gasteiger partial charge >= 0.3 is 0 Å². The zero-order valence-electron chi connectivity index (χ0n) is 12.0. The molecule has 106 valence electrons. The van der Waals surface area contributed by atoms with Crippen LogP contribution in [0, 0.1) is 5.92 Å². The second kappa shape index (κ2) is 5.94. The summed E-state index contributed by atoms with van der Waals surface area (Å²) < 4.78 is 1.21. The number of halogens is 1. The van der Waals surface area contributed by atoms with Crippen molar-refractivity contribution in [3.63, 3.8) is 0 Å². The summed E-state index contributed by atoms with van der Waals surface area (Å²) in [5, 5.41) is 13.9. The molecule has 0 fully saturated rings. The van der Waals surface area contributed by atoms with E-state index in [4.69, 9.17) is 0 Å². The van der Waals surface area contributed by atoms with Crippen molar-refractivity contribution in [2.75, 3.05) is 6.54 Å². The van der Waals surface area contributed by atoms with E-state index < -0.39 is 5.60 Å². The monoisotopic (exact) mass is 325 g/mol. The van der Waals surface area contributed by atoms with Crippen LogP contribution in [0.5, 0.6) is 0 Å². The van der Waals surface area contributed by atoms with Gasteiger partial charge in [-0.25, -0.2) is 0 Å². The standard InChI is InChI=1S/C16H24BrNO/c1-11(2)9-16(3,19)10-18-15-8-7-12-13(15)5-4-6-14(12)17/h4-6,11,15,18-19H,7-10H2,1-3H3. The van der Waals surface area contributed by atoms with Crippen molar-refractivity contribution in [2.24, 2.45) is 5.92 Å². The molecular formula is C16H24BrNO. The summed E-state index contributed by atoms with van der Waals surface area (Å²) in [5.41, 5.74) is 2.18. The van der Waals surface area contributed by atoms with E-state index in [1.165, 1.54) is 15.6 Å². The Balaban J connectivity index is 1.98. The van der Waals surface area contributed by atoms with Crippen molar-refractivity contribution >= 4 is 15.9 Å². The van der Waals surface area contributed by atoms with Crippen LogP contribution in [0.3, 0.4) is 0 Å². The van der Waals surface area contributed by atoms with Crippen LogP contribution >= 0.6 is 15.9 Å². The molecule has 0 spiro atoms. The van der Waals surface area contributed by atoms with E-state index in [0.29, 0.717) is 18.5 Å². The van der Waals surface area contributed by atoms with Crippen LogP contribution in [-0.2, 0) is 6.42 Å². The molecule has 19 heavy (non-hydrogen) atoms. The van der Waals surface area contributed by atoms with Crippen LogP contribution in [0.25, 0.3) is 0 Å². The minimum atomic E-state index is -0.622. The lowest BCUT2D eigenvalue weighted by Crippen LogP contribution is -2.40. The molecule has 2 atom stereocenters. The molecule has 0 radical (unpaired) electrons. The quantitative estimate of drug-likeness (QED) is 0.862. The van der Waals surface area contributed by atoms with E-state index >= 15 is 0 Å². The summed E-state index contributed by atoms with van der Waals surface area (Å²) in [7, 11) is 0. The molecule has 2 rings (SSSR count). The molecule has 1 aliphatic carbocycles. The van der Waals surface area contributed by atoms with E-state index in [-0.39, 0.29) is 0 Å². The van der Waals surface area contributed by atoms with Crippen LogP contribution in [0.2, 0.25) is 0 Å². The smallest absolute Gasteiger partial charge is 0.0746 e. The molecule has 2 N–H and O–H groups in total. The Labute approximate surface area is 124 Å². The van der Waals surface area contributed by atoms with Crippen molar-refractivity contribution in [3.8, 4) is 0 Å². The van der Waals surface area contributed by atoms with Crippen molar-refractivity contribution in [3.05, 3.63) is 33.8 Å². The van der Waals surface area contributed by atoms with Crippen molar-refractivity contribution < 1.29 is 5.11 Å². The van der Waals surface area contributed by atoms with Gasteiger partial charge in [0.1, 0.15) is 0 Å². The zero-order valence-corrected chi connectivity index (χ0v) is 13.6. The lowest BCUT2D eigenvalue weighted by Gasteiger charge is -2.27. The van der Waals surface area contributed by atoms with Gasteiger partial charge in [0.15, 0.2) is 0 Å². The summed E-state index contributed by atoms with van der Waals surface area (Å²) in [6.45, 7) is 6.88. The maximum Gasteiger partial charge on any atom is 0.0746 e. The number of nitrogens with one attached hydrogen (secondary N) is 1. The fraction of sp³-hybridized carbons (Fsp3) is 0.625.